The van der Waals surface area contributed by atoms with Gasteiger partial charge in [-0.1, -0.05) is 0 Å². The third kappa shape index (κ3) is 2.17. The quantitative estimate of drug-likeness (QED) is 0.618. The molecule has 1 heterocycles. The van der Waals surface area contributed by atoms with E-state index in [1.54, 1.807) is 0 Å². The number of methoxy groups -OCH3 is 1. The predicted molar refractivity (Wildman–Crippen MR) is 58.5 cm³/mol. The minimum Gasteiger partial charge on any atom is -0.469 e. The van der Waals surface area contributed by atoms with Crippen LogP contribution >= 0.6 is 0 Å². The first-order valence-corrected chi connectivity index (χ1v) is 6.00. The number of hydrogen-bond acceptors (Lipinski definition) is 3. The molecule has 0 aromatic heterocycles. The highest BCUT2D eigenvalue weighted by atomic mass is 16.5. The van der Waals surface area contributed by atoms with Crippen molar-refractivity contribution in [3.63, 3.8) is 0 Å². The smallest absolute Gasteiger partial charge is 0.308 e. The van der Waals surface area contributed by atoms with Gasteiger partial charge in [-0.2, -0.15) is 0 Å². The second-order valence-electron chi connectivity index (χ2n) is 4.98. The van der Waals surface area contributed by atoms with Gasteiger partial charge in [-0.05, 0) is 51.6 Å². The van der Waals surface area contributed by atoms with Crippen LogP contribution in [0, 0.1) is 11.8 Å². The first-order chi connectivity index (χ1) is 7.22. The third-order valence-corrected chi connectivity index (χ3v) is 4.14. The lowest BCUT2D eigenvalue weighted by molar-refractivity contribution is -0.148. The normalized spacial score (nSPS) is 37.1. The summed E-state index contributed by atoms with van der Waals surface area (Å²) >= 11 is 0. The molecule has 1 aliphatic heterocycles. The van der Waals surface area contributed by atoms with Gasteiger partial charge in [0, 0.05) is 6.04 Å². The average Bonchev–Trinajstić information content (AvgIpc) is 2.28. The highest BCUT2D eigenvalue weighted by molar-refractivity contribution is 5.72. The molecule has 2 aliphatic rings. The van der Waals surface area contributed by atoms with Gasteiger partial charge in [0.05, 0.1) is 13.0 Å². The Balaban J connectivity index is 1.99. The van der Waals surface area contributed by atoms with Gasteiger partial charge in [-0.15, -0.1) is 0 Å². The fraction of sp³-hybridized carbons (Fsp3) is 0.917. The van der Waals surface area contributed by atoms with Crippen molar-refractivity contribution >= 4 is 5.97 Å². The molecule has 0 amide bonds. The fourth-order valence-electron chi connectivity index (χ4n) is 3.24. The number of ether oxygens (including phenoxy) is 1. The number of carbonyl (C=O) groups is 1. The summed E-state index contributed by atoms with van der Waals surface area (Å²) in [5.41, 5.74) is 0. The molecule has 2 rings (SSSR count). The summed E-state index contributed by atoms with van der Waals surface area (Å²) in [6, 6.07) is 0.622. The van der Waals surface area contributed by atoms with Crippen molar-refractivity contribution in [1.82, 2.24) is 4.90 Å². The van der Waals surface area contributed by atoms with Crippen molar-refractivity contribution < 1.29 is 9.53 Å². The predicted octanol–water partition coefficient (Wildman–Crippen LogP) is 1.67. The van der Waals surface area contributed by atoms with E-state index in [4.69, 9.17) is 4.74 Å². The number of carbonyl (C=O) groups excluding carboxylic acids is 1. The molecule has 3 heteroatoms. The third-order valence-electron chi connectivity index (χ3n) is 4.14. The largest absolute Gasteiger partial charge is 0.469 e. The standard InChI is InChI=1S/C12H21NO2/c1-13-7-3-4-9-5-6-10(8-11(9)13)12(14)15-2/h9-11H,3-8H2,1-2H3/t9-,10-,11-/m0/s1. The van der Waals surface area contributed by atoms with Crippen molar-refractivity contribution in [3.8, 4) is 0 Å². The Hall–Kier alpha value is -0.570. The second kappa shape index (κ2) is 4.52. The summed E-state index contributed by atoms with van der Waals surface area (Å²) in [4.78, 5) is 13.9. The monoisotopic (exact) mass is 211 g/mol. The van der Waals surface area contributed by atoms with Crippen LogP contribution in [0.1, 0.15) is 32.1 Å². The number of fused-ring (bicyclic) bond motifs is 1. The van der Waals surface area contributed by atoms with Gasteiger partial charge < -0.3 is 9.64 Å². The van der Waals surface area contributed by atoms with Crippen molar-refractivity contribution in [2.45, 2.75) is 38.1 Å². The molecule has 0 N–H and O–H groups in total. The maximum Gasteiger partial charge on any atom is 0.308 e. The van der Waals surface area contributed by atoms with Crippen molar-refractivity contribution in [1.29, 1.82) is 0 Å². The molecule has 0 spiro atoms. The van der Waals surface area contributed by atoms with Crippen molar-refractivity contribution in [3.05, 3.63) is 0 Å². The molecule has 0 unspecified atom stereocenters. The molecular weight excluding hydrogens is 190 g/mol. The van der Waals surface area contributed by atoms with Gasteiger partial charge in [0.25, 0.3) is 0 Å². The number of rotatable bonds is 1. The second-order valence-corrected chi connectivity index (χ2v) is 4.98. The molecule has 3 atom stereocenters. The molecule has 1 saturated carbocycles. The maximum atomic E-state index is 11.5. The molecule has 15 heavy (non-hydrogen) atoms. The van der Waals surface area contributed by atoms with Crippen LogP contribution in [-0.4, -0.2) is 37.6 Å². The van der Waals surface area contributed by atoms with E-state index < -0.39 is 0 Å². The molecule has 0 radical (unpaired) electrons. The zero-order valence-corrected chi connectivity index (χ0v) is 9.74. The summed E-state index contributed by atoms with van der Waals surface area (Å²) in [7, 11) is 3.69. The summed E-state index contributed by atoms with van der Waals surface area (Å²) in [5.74, 6) is 0.967. The van der Waals surface area contributed by atoms with E-state index >= 15 is 0 Å². The minimum atomic E-state index is -0.00702. The average molecular weight is 211 g/mol. The Morgan fingerprint density at radius 1 is 1.33 bits per heavy atom. The highest BCUT2D eigenvalue weighted by Gasteiger charge is 2.37. The Morgan fingerprint density at radius 3 is 2.87 bits per heavy atom. The molecule has 0 bridgehead atoms. The van der Waals surface area contributed by atoms with E-state index in [0.717, 1.165) is 18.8 Å². The zero-order valence-electron chi connectivity index (χ0n) is 9.74. The van der Waals surface area contributed by atoms with Gasteiger partial charge >= 0.3 is 5.97 Å². The number of piperidine rings is 1. The number of esters is 1. The summed E-state index contributed by atoms with van der Waals surface area (Å²) in [5, 5.41) is 0. The Morgan fingerprint density at radius 2 is 2.13 bits per heavy atom. The van der Waals surface area contributed by atoms with Gasteiger partial charge in [-0.3, -0.25) is 4.79 Å². The number of hydrogen-bond donors (Lipinski definition) is 0. The Labute approximate surface area is 91.8 Å². The summed E-state index contributed by atoms with van der Waals surface area (Å²) in [6.07, 6.45) is 5.91. The molecule has 3 nitrogen and oxygen atoms in total. The zero-order chi connectivity index (χ0) is 10.8. The van der Waals surface area contributed by atoms with E-state index in [9.17, 15) is 4.79 Å². The molecule has 2 fully saturated rings. The first kappa shape index (κ1) is 10.9. The van der Waals surface area contributed by atoms with Crippen LogP contribution in [0.15, 0.2) is 0 Å². The van der Waals surface area contributed by atoms with Crippen LogP contribution in [0.5, 0.6) is 0 Å². The fourth-order valence-corrected chi connectivity index (χ4v) is 3.24. The first-order valence-electron chi connectivity index (χ1n) is 6.00. The van der Waals surface area contributed by atoms with E-state index in [1.165, 1.54) is 32.9 Å². The van der Waals surface area contributed by atoms with Gasteiger partial charge in [0.15, 0.2) is 0 Å². The Kier molecular flexibility index (Phi) is 3.29. The molecule has 86 valence electrons. The van der Waals surface area contributed by atoms with E-state index in [-0.39, 0.29) is 11.9 Å². The van der Waals surface area contributed by atoms with Gasteiger partial charge in [0.1, 0.15) is 0 Å². The summed E-state index contributed by atoms with van der Waals surface area (Å²) in [6.45, 7) is 1.19. The van der Waals surface area contributed by atoms with Crippen molar-refractivity contribution in [2.24, 2.45) is 11.8 Å². The van der Waals surface area contributed by atoms with E-state index in [2.05, 4.69) is 11.9 Å². The van der Waals surface area contributed by atoms with Crippen LogP contribution in [0.25, 0.3) is 0 Å². The SMILES string of the molecule is COC(=O)[C@H]1CC[C@@H]2CCCN(C)[C@H]2C1. The molecule has 0 aromatic rings. The number of likely N-dealkylation sites (tertiary alicyclic amines) is 1. The molecular formula is C12H21NO2. The summed E-state index contributed by atoms with van der Waals surface area (Å²) < 4.78 is 4.85. The highest BCUT2D eigenvalue weighted by Crippen LogP contribution is 2.37. The van der Waals surface area contributed by atoms with Gasteiger partial charge in [0.2, 0.25) is 0 Å². The lowest BCUT2D eigenvalue weighted by atomic mass is 9.74. The van der Waals surface area contributed by atoms with Gasteiger partial charge in [-0.25, -0.2) is 0 Å². The number of nitrogens with zero attached hydrogens (tertiary/aromatic N) is 1. The lowest BCUT2D eigenvalue weighted by Gasteiger charge is -2.44. The van der Waals surface area contributed by atoms with Crippen LogP contribution in [0.2, 0.25) is 0 Å². The van der Waals surface area contributed by atoms with Crippen LogP contribution in [0.3, 0.4) is 0 Å². The molecule has 0 aromatic carbocycles. The minimum absolute atomic E-state index is 0.00702. The van der Waals surface area contributed by atoms with E-state index in [0.29, 0.717) is 6.04 Å². The molecule has 1 saturated heterocycles. The maximum absolute atomic E-state index is 11.5. The van der Waals surface area contributed by atoms with Crippen LogP contribution in [0.4, 0.5) is 0 Å². The lowest BCUT2D eigenvalue weighted by Crippen LogP contribution is -2.47. The topological polar surface area (TPSA) is 29.5 Å². The van der Waals surface area contributed by atoms with Crippen LogP contribution < -0.4 is 0 Å². The Bertz CT molecular complexity index is 242. The van der Waals surface area contributed by atoms with Crippen LogP contribution in [-0.2, 0) is 9.53 Å². The van der Waals surface area contributed by atoms with E-state index in [1.807, 2.05) is 0 Å². The van der Waals surface area contributed by atoms with Crippen molar-refractivity contribution in [2.75, 3.05) is 20.7 Å². The molecule has 1 aliphatic carbocycles.